The van der Waals surface area contributed by atoms with Crippen LogP contribution in [0.25, 0.3) is 10.8 Å². The molecule has 2 aliphatic rings. The van der Waals surface area contributed by atoms with Crippen LogP contribution in [-0.2, 0) is 20.3 Å². The van der Waals surface area contributed by atoms with Gasteiger partial charge in [-0.05, 0) is 36.5 Å². The van der Waals surface area contributed by atoms with Gasteiger partial charge in [0.2, 0.25) is 5.78 Å². The lowest BCUT2D eigenvalue weighted by Crippen LogP contribution is -2.36. The second-order valence-corrected chi connectivity index (χ2v) is 8.82. The first-order chi connectivity index (χ1) is 13.1. The molecule has 0 bridgehead atoms. The number of ether oxygens (including phenoxy) is 1. The fraction of sp³-hybridized carbons (Fsp3) is 0.364. The number of Topliss-reactive ketones (excluding diaryl/α,β-unsaturated/α-hetero) is 1. The van der Waals surface area contributed by atoms with Crippen molar-refractivity contribution in [3.63, 3.8) is 0 Å². The SMILES string of the molecule is CCS(=O)C1=C(C(=O)c2cccc3ccccc23)C(=O)OC12CCCCC2. The normalized spacial score (nSPS) is 20.1. The summed E-state index contributed by atoms with van der Waals surface area (Å²) >= 11 is 0. The summed E-state index contributed by atoms with van der Waals surface area (Å²) < 4.78 is 18.7. The number of hydrogen-bond acceptors (Lipinski definition) is 4. The summed E-state index contributed by atoms with van der Waals surface area (Å²) in [6.45, 7) is 1.81. The van der Waals surface area contributed by atoms with Gasteiger partial charge in [-0.2, -0.15) is 0 Å². The Morgan fingerprint density at radius 3 is 2.52 bits per heavy atom. The van der Waals surface area contributed by atoms with Crippen molar-refractivity contribution >= 4 is 33.3 Å². The molecule has 1 aliphatic carbocycles. The van der Waals surface area contributed by atoms with E-state index < -0.39 is 22.4 Å². The van der Waals surface area contributed by atoms with Gasteiger partial charge in [0.25, 0.3) is 0 Å². The monoisotopic (exact) mass is 382 g/mol. The molecule has 0 aromatic heterocycles. The molecule has 0 radical (unpaired) electrons. The summed E-state index contributed by atoms with van der Waals surface area (Å²) in [5.41, 5.74) is -0.404. The molecular formula is C22H22O4S. The van der Waals surface area contributed by atoms with Crippen LogP contribution in [0, 0.1) is 0 Å². The highest BCUT2D eigenvalue weighted by Crippen LogP contribution is 2.46. The molecule has 4 nitrogen and oxygen atoms in total. The summed E-state index contributed by atoms with van der Waals surface area (Å²) in [4.78, 5) is 26.7. The maximum Gasteiger partial charge on any atom is 0.344 e. The van der Waals surface area contributed by atoms with E-state index in [1.165, 1.54) is 0 Å². The number of benzene rings is 2. The average Bonchev–Trinajstić information content (AvgIpc) is 2.98. The zero-order valence-corrected chi connectivity index (χ0v) is 16.1. The van der Waals surface area contributed by atoms with E-state index >= 15 is 0 Å². The zero-order valence-electron chi connectivity index (χ0n) is 15.3. The van der Waals surface area contributed by atoms with E-state index in [9.17, 15) is 13.8 Å². The highest BCUT2D eigenvalue weighted by molar-refractivity contribution is 7.89. The van der Waals surface area contributed by atoms with Gasteiger partial charge in [0.1, 0.15) is 11.2 Å². The van der Waals surface area contributed by atoms with E-state index in [1.807, 2.05) is 43.3 Å². The predicted octanol–water partition coefficient (Wildman–Crippen LogP) is 4.30. The maximum absolute atomic E-state index is 13.4. The van der Waals surface area contributed by atoms with Gasteiger partial charge in [-0.3, -0.25) is 9.00 Å². The molecule has 0 N–H and O–H groups in total. The Kier molecular flexibility index (Phi) is 4.72. The van der Waals surface area contributed by atoms with Crippen molar-refractivity contribution in [3.8, 4) is 0 Å². The highest BCUT2D eigenvalue weighted by Gasteiger charge is 2.52. The van der Waals surface area contributed by atoms with E-state index in [0.29, 0.717) is 29.1 Å². The van der Waals surface area contributed by atoms with Crippen molar-refractivity contribution in [1.29, 1.82) is 0 Å². The summed E-state index contributed by atoms with van der Waals surface area (Å²) in [6, 6.07) is 13.0. The van der Waals surface area contributed by atoms with Gasteiger partial charge in [-0.15, -0.1) is 0 Å². The molecule has 1 unspecified atom stereocenters. The second-order valence-electron chi connectivity index (χ2n) is 7.14. The molecule has 0 amide bonds. The fourth-order valence-electron chi connectivity index (χ4n) is 4.27. The van der Waals surface area contributed by atoms with Crippen molar-refractivity contribution in [2.75, 3.05) is 5.75 Å². The van der Waals surface area contributed by atoms with Crippen LogP contribution in [0.4, 0.5) is 0 Å². The van der Waals surface area contributed by atoms with Gasteiger partial charge in [-0.25, -0.2) is 4.79 Å². The minimum atomic E-state index is -1.41. The minimum Gasteiger partial charge on any atom is -0.450 e. The molecule has 1 heterocycles. The lowest BCUT2D eigenvalue weighted by atomic mass is 9.83. The van der Waals surface area contributed by atoms with Crippen molar-refractivity contribution in [1.82, 2.24) is 0 Å². The van der Waals surface area contributed by atoms with E-state index in [-0.39, 0.29) is 11.4 Å². The highest BCUT2D eigenvalue weighted by atomic mass is 32.2. The Labute approximate surface area is 161 Å². The van der Waals surface area contributed by atoms with Gasteiger partial charge in [0, 0.05) is 11.3 Å². The number of esters is 1. The number of rotatable bonds is 4. The third-order valence-electron chi connectivity index (χ3n) is 5.55. The number of carbonyl (C=O) groups is 2. The molecule has 27 heavy (non-hydrogen) atoms. The Morgan fingerprint density at radius 2 is 1.78 bits per heavy atom. The van der Waals surface area contributed by atoms with Crippen LogP contribution < -0.4 is 0 Å². The van der Waals surface area contributed by atoms with Crippen molar-refractivity contribution in [2.24, 2.45) is 0 Å². The molecular weight excluding hydrogens is 360 g/mol. The number of ketones is 1. The molecule has 140 valence electrons. The van der Waals surface area contributed by atoms with Gasteiger partial charge in [-0.1, -0.05) is 55.8 Å². The number of hydrogen-bond donors (Lipinski definition) is 0. The smallest absolute Gasteiger partial charge is 0.344 e. The van der Waals surface area contributed by atoms with Crippen LogP contribution in [0.15, 0.2) is 52.9 Å². The molecule has 2 aromatic rings. The molecule has 1 saturated carbocycles. The third-order valence-corrected chi connectivity index (χ3v) is 7.10. The van der Waals surface area contributed by atoms with Gasteiger partial charge >= 0.3 is 5.97 Å². The molecule has 5 heteroatoms. The molecule has 1 fully saturated rings. The van der Waals surface area contributed by atoms with E-state index in [1.54, 1.807) is 6.07 Å². The maximum atomic E-state index is 13.4. The van der Waals surface area contributed by atoms with Crippen LogP contribution in [0.2, 0.25) is 0 Å². The molecule has 2 aromatic carbocycles. The summed E-state index contributed by atoms with van der Waals surface area (Å²) in [5.74, 6) is -0.636. The second kappa shape index (κ2) is 7.04. The van der Waals surface area contributed by atoms with Crippen LogP contribution in [0.1, 0.15) is 49.4 Å². The van der Waals surface area contributed by atoms with E-state index in [2.05, 4.69) is 0 Å². The van der Waals surface area contributed by atoms with Gasteiger partial charge in [0.05, 0.1) is 15.7 Å². The number of carbonyl (C=O) groups excluding carboxylic acids is 2. The first-order valence-electron chi connectivity index (χ1n) is 9.46. The van der Waals surface area contributed by atoms with E-state index in [0.717, 1.165) is 30.0 Å². The van der Waals surface area contributed by atoms with Crippen LogP contribution >= 0.6 is 0 Å². The van der Waals surface area contributed by atoms with Crippen molar-refractivity contribution in [2.45, 2.75) is 44.6 Å². The van der Waals surface area contributed by atoms with Gasteiger partial charge in [0.15, 0.2) is 0 Å². The molecule has 4 rings (SSSR count). The Morgan fingerprint density at radius 1 is 1.07 bits per heavy atom. The lowest BCUT2D eigenvalue weighted by molar-refractivity contribution is -0.148. The first kappa shape index (κ1) is 18.1. The third kappa shape index (κ3) is 2.94. The quantitative estimate of drug-likeness (QED) is 0.449. The molecule has 1 spiro atoms. The van der Waals surface area contributed by atoms with Crippen molar-refractivity contribution in [3.05, 3.63) is 58.5 Å². The predicted molar refractivity (Wildman–Crippen MR) is 106 cm³/mol. The number of fused-ring (bicyclic) bond motifs is 1. The standard InChI is InChI=1S/C22H22O4S/c1-2-27(25)20-18(21(24)26-22(20)13-6-3-7-14-22)19(23)17-12-8-10-15-9-4-5-11-16(15)17/h4-5,8-12H,2-3,6-7,13-14H2,1H3. The Bertz CT molecular complexity index is 977. The van der Waals surface area contributed by atoms with Crippen LogP contribution in [-0.4, -0.2) is 27.3 Å². The van der Waals surface area contributed by atoms with Crippen LogP contribution in [0.5, 0.6) is 0 Å². The average molecular weight is 382 g/mol. The Hall–Kier alpha value is -2.27. The van der Waals surface area contributed by atoms with Crippen LogP contribution in [0.3, 0.4) is 0 Å². The zero-order chi connectivity index (χ0) is 19.0. The minimum absolute atomic E-state index is 0.00608. The molecule has 0 saturated heterocycles. The summed E-state index contributed by atoms with van der Waals surface area (Å²) in [6.07, 6.45) is 4.18. The van der Waals surface area contributed by atoms with E-state index in [4.69, 9.17) is 4.74 Å². The summed E-state index contributed by atoms with van der Waals surface area (Å²) in [5, 5.41) is 1.72. The lowest BCUT2D eigenvalue weighted by Gasteiger charge is -2.33. The molecule has 1 atom stereocenters. The van der Waals surface area contributed by atoms with Gasteiger partial charge < -0.3 is 4.74 Å². The Balaban J connectivity index is 1.90. The van der Waals surface area contributed by atoms with Crippen molar-refractivity contribution < 1.29 is 18.5 Å². The summed E-state index contributed by atoms with van der Waals surface area (Å²) in [7, 11) is -1.41. The topological polar surface area (TPSA) is 60.4 Å². The first-order valence-corrected chi connectivity index (χ1v) is 10.8. The molecule has 1 aliphatic heterocycles. The fourth-order valence-corrected chi connectivity index (χ4v) is 5.62. The largest absolute Gasteiger partial charge is 0.450 e.